The Morgan fingerprint density at radius 3 is 2.38 bits per heavy atom. The highest BCUT2D eigenvalue weighted by Gasteiger charge is 2.03. The van der Waals surface area contributed by atoms with Crippen LogP contribution in [0.25, 0.3) is 0 Å². The Hall–Kier alpha value is -1.83. The first-order chi connectivity index (χ1) is 7.79. The van der Waals surface area contributed by atoms with Crippen molar-refractivity contribution < 1.29 is 9.13 Å². The number of benzene rings is 2. The minimum Gasteiger partial charge on any atom is -0.494 e. The van der Waals surface area contributed by atoms with E-state index in [1.54, 1.807) is 6.07 Å². The zero-order valence-corrected chi connectivity index (χ0v) is 9.11. The number of halogens is 1. The van der Waals surface area contributed by atoms with Gasteiger partial charge in [0.05, 0.1) is 7.11 Å². The third-order valence-electron chi connectivity index (χ3n) is 2.47. The van der Waals surface area contributed by atoms with Gasteiger partial charge in [-0.15, -0.1) is 0 Å². The molecule has 0 atom stereocenters. The maximum atomic E-state index is 13.4. The van der Waals surface area contributed by atoms with Crippen LogP contribution in [0.4, 0.5) is 4.39 Å². The average molecular weight is 216 g/mol. The van der Waals surface area contributed by atoms with Crippen LogP contribution in [0.3, 0.4) is 0 Å². The van der Waals surface area contributed by atoms with Gasteiger partial charge in [0.2, 0.25) is 0 Å². The highest BCUT2D eigenvalue weighted by atomic mass is 19.1. The minimum atomic E-state index is -0.309. The molecule has 2 aromatic rings. The van der Waals surface area contributed by atoms with Crippen LogP contribution in [-0.2, 0) is 6.42 Å². The highest BCUT2D eigenvalue weighted by molar-refractivity contribution is 5.32. The molecule has 2 aromatic carbocycles. The Kier molecular flexibility index (Phi) is 3.20. The predicted molar refractivity (Wildman–Crippen MR) is 62.2 cm³/mol. The summed E-state index contributed by atoms with van der Waals surface area (Å²) in [5.74, 6) is -0.0206. The summed E-state index contributed by atoms with van der Waals surface area (Å²) >= 11 is 0. The van der Waals surface area contributed by atoms with Gasteiger partial charge in [-0.2, -0.15) is 0 Å². The molecule has 0 spiro atoms. The Labute approximate surface area is 94.5 Å². The van der Waals surface area contributed by atoms with Crippen LogP contribution in [-0.4, -0.2) is 7.11 Å². The van der Waals surface area contributed by atoms with E-state index < -0.39 is 0 Å². The van der Waals surface area contributed by atoms with Crippen LogP contribution in [0.15, 0.2) is 48.5 Å². The van der Waals surface area contributed by atoms with E-state index >= 15 is 0 Å². The molecule has 0 heterocycles. The van der Waals surface area contributed by atoms with Gasteiger partial charge in [0.15, 0.2) is 11.6 Å². The molecule has 82 valence electrons. The quantitative estimate of drug-likeness (QED) is 0.763. The lowest BCUT2D eigenvalue weighted by Crippen LogP contribution is -1.92. The molecular weight excluding hydrogens is 203 g/mol. The molecule has 0 fully saturated rings. The van der Waals surface area contributed by atoms with Gasteiger partial charge in [0.1, 0.15) is 0 Å². The molecule has 0 saturated carbocycles. The monoisotopic (exact) mass is 216 g/mol. The van der Waals surface area contributed by atoms with Crippen molar-refractivity contribution in [2.75, 3.05) is 7.11 Å². The SMILES string of the molecule is COc1ccc(Cc2ccccc2)cc1F. The van der Waals surface area contributed by atoms with E-state index in [0.717, 1.165) is 12.0 Å². The fourth-order valence-corrected chi connectivity index (χ4v) is 1.65. The minimum absolute atomic E-state index is 0.289. The van der Waals surface area contributed by atoms with Crippen LogP contribution < -0.4 is 4.74 Å². The number of hydrogen-bond acceptors (Lipinski definition) is 1. The Morgan fingerprint density at radius 2 is 1.75 bits per heavy atom. The number of ether oxygens (including phenoxy) is 1. The van der Waals surface area contributed by atoms with Crippen molar-refractivity contribution in [2.45, 2.75) is 6.42 Å². The van der Waals surface area contributed by atoms with Crippen molar-refractivity contribution in [3.8, 4) is 5.75 Å². The fourth-order valence-electron chi connectivity index (χ4n) is 1.65. The van der Waals surface area contributed by atoms with E-state index in [0.29, 0.717) is 0 Å². The van der Waals surface area contributed by atoms with E-state index in [1.807, 2.05) is 36.4 Å². The van der Waals surface area contributed by atoms with Crippen molar-refractivity contribution in [1.82, 2.24) is 0 Å². The molecule has 0 N–H and O–H groups in total. The van der Waals surface area contributed by atoms with Gasteiger partial charge in [-0.3, -0.25) is 0 Å². The summed E-state index contributed by atoms with van der Waals surface area (Å²) in [4.78, 5) is 0. The van der Waals surface area contributed by atoms with Crippen molar-refractivity contribution in [2.24, 2.45) is 0 Å². The first-order valence-electron chi connectivity index (χ1n) is 5.16. The third kappa shape index (κ3) is 2.40. The van der Waals surface area contributed by atoms with E-state index in [2.05, 4.69) is 0 Å². The van der Waals surface area contributed by atoms with Gasteiger partial charge < -0.3 is 4.74 Å². The third-order valence-corrected chi connectivity index (χ3v) is 2.47. The van der Waals surface area contributed by atoms with E-state index in [4.69, 9.17) is 4.74 Å². The first-order valence-corrected chi connectivity index (χ1v) is 5.16. The van der Waals surface area contributed by atoms with Gasteiger partial charge in [-0.05, 0) is 29.7 Å². The van der Waals surface area contributed by atoms with Crippen molar-refractivity contribution in [3.05, 3.63) is 65.5 Å². The molecule has 0 aliphatic rings. The largest absolute Gasteiger partial charge is 0.494 e. The van der Waals surface area contributed by atoms with E-state index in [9.17, 15) is 4.39 Å². The molecule has 16 heavy (non-hydrogen) atoms. The second-order valence-electron chi connectivity index (χ2n) is 3.63. The molecule has 0 aromatic heterocycles. The lowest BCUT2D eigenvalue weighted by molar-refractivity contribution is 0.386. The summed E-state index contributed by atoms with van der Waals surface area (Å²) in [6, 6.07) is 15.1. The maximum Gasteiger partial charge on any atom is 0.165 e. The van der Waals surface area contributed by atoms with Gasteiger partial charge in [-0.25, -0.2) is 4.39 Å². The molecule has 0 bridgehead atoms. The molecule has 2 rings (SSSR count). The van der Waals surface area contributed by atoms with Gasteiger partial charge in [-0.1, -0.05) is 36.4 Å². The topological polar surface area (TPSA) is 9.23 Å². The van der Waals surface area contributed by atoms with Gasteiger partial charge >= 0.3 is 0 Å². The number of rotatable bonds is 3. The summed E-state index contributed by atoms with van der Waals surface area (Å²) in [5, 5.41) is 0. The standard InChI is InChI=1S/C14H13FO/c1-16-14-8-7-12(10-13(14)15)9-11-5-3-2-4-6-11/h2-8,10H,9H2,1H3. The summed E-state index contributed by atoms with van der Waals surface area (Å²) in [6.45, 7) is 0. The second kappa shape index (κ2) is 4.79. The lowest BCUT2D eigenvalue weighted by atomic mass is 10.0. The Balaban J connectivity index is 2.20. The van der Waals surface area contributed by atoms with Gasteiger partial charge in [0, 0.05) is 0 Å². The van der Waals surface area contributed by atoms with Crippen molar-refractivity contribution in [3.63, 3.8) is 0 Å². The van der Waals surface area contributed by atoms with E-state index in [1.165, 1.54) is 18.7 Å². The first kappa shape index (κ1) is 10.7. The van der Waals surface area contributed by atoms with Crippen molar-refractivity contribution >= 4 is 0 Å². The van der Waals surface area contributed by atoms with Crippen LogP contribution in [0.5, 0.6) is 5.75 Å². The predicted octanol–water partition coefficient (Wildman–Crippen LogP) is 3.43. The highest BCUT2D eigenvalue weighted by Crippen LogP contribution is 2.19. The summed E-state index contributed by atoms with van der Waals surface area (Å²) in [5.41, 5.74) is 2.12. The molecule has 0 unspecified atom stereocenters. The summed E-state index contributed by atoms with van der Waals surface area (Å²) in [7, 11) is 1.47. The van der Waals surface area contributed by atoms with Crippen LogP contribution in [0, 0.1) is 5.82 Å². The molecular formula is C14H13FO. The smallest absolute Gasteiger partial charge is 0.165 e. The second-order valence-corrected chi connectivity index (χ2v) is 3.63. The van der Waals surface area contributed by atoms with Crippen molar-refractivity contribution in [1.29, 1.82) is 0 Å². The molecule has 0 aliphatic heterocycles. The molecule has 0 aliphatic carbocycles. The lowest BCUT2D eigenvalue weighted by Gasteiger charge is -2.05. The molecule has 2 heteroatoms. The summed E-state index contributed by atoms with van der Waals surface area (Å²) < 4.78 is 18.3. The maximum absolute atomic E-state index is 13.4. The van der Waals surface area contributed by atoms with Crippen LogP contribution in [0.2, 0.25) is 0 Å². The van der Waals surface area contributed by atoms with Gasteiger partial charge in [0.25, 0.3) is 0 Å². The molecule has 0 amide bonds. The Morgan fingerprint density at radius 1 is 1.00 bits per heavy atom. The molecule has 0 saturated heterocycles. The number of methoxy groups -OCH3 is 1. The van der Waals surface area contributed by atoms with Crippen LogP contribution in [0.1, 0.15) is 11.1 Å². The number of hydrogen-bond donors (Lipinski definition) is 0. The zero-order chi connectivity index (χ0) is 11.4. The normalized spacial score (nSPS) is 10.1. The Bertz CT molecular complexity index is 465. The fraction of sp³-hybridized carbons (Fsp3) is 0.143. The molecule has 1 nitrogen and oxygen atoms in total. The average Bonchev–Trinajstić information content (AvgIpc) is 2.31. The zero-order valence-electron chi connectivity index (χ0n) is 9.11. The van der Waals surface area contributed by atoms with E-state index in [-0.39, 0.29) is 11.6 Å². The van der Waals surface area contributed by atoms with Crippen LogP contribution >= 0.6 is 0 Å². The molecule has 0 radical (unpaired) electrons. The summed E-state index contributed by atoms with van der Waals surface area (Å²) in [6.07, 6.45) is 0.738.